The minimum Gasteiger partial charge on any atom is -0.323 e. The fourth-order valence-corrected chi connectivity index (χ4v) is 0.840. The number of aldehydes is 1. The number of carbonyl (C=O) groups is 1. The quantitative estimate of drug-likeness (QED) is 0.464. The highest BCUT2D eigenvalue weighted by Crippen LogP contribution is 2.00. The number of benzene rings is 1. The Morgan fingerprint density at radius 3 is 2.13 bits per heavy atom. The number of rotatable bonds is 3. The van der Waals surface area contributed by atoms with Gasteiger partial charge in [0.1, 0.15) is 6.29 Å². The van der Waals surface area contributed by atoms with Crippen molar-refractivity contribution in [2.24, 2.45) is 0 Å². The summed E-state index contributed by atoms with van der Waals surface area (Å²) in [5.41, 5.74) is 1.13. The molecule has 0 radical (unpaired) electrons. The normalized spacial score (nSPS) is 10.0. The highest BCUT2D eigenvalue weighted by Gasteiger charge is 1.78. The van der Waals surface area contributed by atoms with Crippen LogP contribution in [0, 0.1) is 0 Å². The van der Waals surface area contributed by atoms with Gasteiger partial charge in [-0.25, -0.2) is 0 Å². The zero-order chi connectivity index (χ0) is 11.4. The summed E-state index contributed by atoms with van der Waals surface area (Å²) in [6.07, 6.45) is 7.71. The first-order chi connectivity index (χ1) is 7.35. The fourth-order valence-electron chi connectivity index (χ4n) is 0.840. The SMILES string of the molecule is CNC.O=CC=CC=Cc1ccccc1. The van der Waals surface area contributed by atoms with E-state index in [1.54, 1.807) is 6.08 Å². The van der Waals surface area contributed by atoms with E-state index >= 15 is 0 Å². The Bertz CT molecular complexity index is 302. The van der Waals surface area contributed by atoms with Crippen LogP contribution in [0.1, 0.15) is 5.56 Å². The number of hydrogen-bond acceptors (Lipinski definition) is 2. The van der Waals surface area contributed by atoms with Gasteiger partial charge in [-0.1, -0.05) is 48.6 Å². The van der Waals surface area contributed by atoms with Gasteiger partial charge in [0, 0.05) is 0 Å². The molecule has 0 saturated carbocycles. The summed E-state index contributed by atoms with van der Waals surface area (Å²) < 4.78 is 0. The molecule has 2 nitrogen and oxygen atoms in total. The summed E-state index contributed by atoms with van der Waals surface area (Å²) >= 11 is 0. The van der Waals surface area contributed by atoms with Gasteiger partial charge in [0.2, 0.25) is 0 Å². The predicted octanol–water partition coefficient (Wildman–Crippen LogP) is 2.29. The van der Waals surface area contributed by atoms with Crippen LogP contribution >= 0.6 is 0 Å². The molecular weight excluding hydrogens is 186 g/mol. The van der Waals surface area contributed by atoms with Crippen LogP contribution in [0.5, 0.6) is 0 Å². The van der Waals surface area contributed by atoms with Crippen molar-refractivity contribution >= 4 is 12.4 Å². The third-order valence-electron chi connectivity index (χ3n) is 1.39. The molecule has 0 heterocycles. The summed E-state index contributed by atoms with van der Waals surface area (Å²) in [6.45, 7) is 0. The van der Waals surface area contributed by atoms with E-state index in [1.807, 2.05) is 56.6 Å². The van der Waals surface area contributed by atoms with Gasteiger partial charge in [-0.15, -0.1) is 0 Å². The van der Waals surface area contributed by atoms with Gasteiger partial charge in [-0.2, -0.15) is 0 Å². The predicted molar refractivity (Wildman–Crippen MR) is 65.7 cm³/mol. The monoisotopic (exact) mass is 203 g/mol. The second-order valence-electron chi connectivity index (χ2n) is 2.79. The van der Waals surface area contributed by atoms with Crippen LogP contribution in [0.25, 0.3) is 6.08 Å². The second-order valence-corrected chi connectivity index (χ2v) is 2.79. The summed E-state index contributed by atoms with van der Waals surface area (Å²) in [6, 6.07) is 9.93. The van der Waals surface area contributed by atoms with Crippen molar-refractivity contribution in [3.05, 3.63) is 54.1 Å². The molecule has 0 atom stereocenters. The highest BCUT2D eigenvalue weighted by molar-refractivity contribution is 5.66. The molecule has 0 amide bonds. The van der Waals surface area contributed by atoms with Crippen molar-refractivity contribution < 1.29 is 4.79 Å². The molecule has 0 spiro atoms. The Hall–Kier alpha value is -1.67. The maximum absolute atomic E-state index is 9.90. The second kappa shape index (κ2) is 10.4. The van der Waals surface area contributed by atoms with Crippen molar-refractivity contribution in [3.63, 3.8) is 0 Å². The molecule has 0 aliphatic carbocycles. The Morgan fingerprint density at radius 2 is 1.60 bits per heavy atom. The van der Waals surface area contributed by atoms with Crippen molar-refractivity contribution in [2.75, 3.05) is 14.1 Å². The summed E-state index contributed by atoms with van der Waals surface area (Å²) in [5.74, 6) is 0. The lowest BCUT2D eigenvalue weighted by molar-refractivity contribution is -0.104. The Balaban J connectivity index is 0.000000583. The molecule has 80 valence electrons. The van der Waals surface area contributed by atoms with Crippen LogP contribution in [0.4, 0.5) is 0 Å². The van der Waals surface area contributed by atoms with Crippen LogP contribution in [0.15, 0.2) is 48.6 Å². The van der Waals surface area contributed by atoms with E-state index in [0.717, 1.165) is 11.8 Å². The lowest BCUT2D eigenvalue weighted by Gasteiger charge is -1.87. The van der Waals surface area contributed by atoms with Gasteiger partial charge < -0.3 is 5.32 Å². The van der Waals surface area contributed by atoms with Crippen LogP contribution in [0.3, 0.4) is 0 Å². The summed E-state index contributed by atoms with van der Waals surface area (Å²) in [4.78, 5) is 9.90. The van der Waals surface area contributed by atoms with E-state index in [1.165, 1.54) is 6.08 Å². The molecule has 0 bridgehead atoms. The van der Waals surface area contributed by atoms with E-state index < -0.39 is 0 Å². The van der Waals surface area contributed by atoms with E-state index in [0.29, 0.717) is 0 Å². The molecule has 1 N–H and O–H groups in total. The van der Waals surface area contributed by atoms with Crippen LogP contribution < -0.4 is 5.32 Å². The minimum absolute atomic E-state index is 0.759. The number of hydrogen-bond donors (Lipinski definition) is 1. The van der Waals surface area contributed by atoms with E-state index in [2.05, 4.69) is 5.32 Å². The standard InChI is InChI=1S/C11H10O.C2H7N/c12-10-6-2-5-9-11-7-3-1-4-8-11;1-3-2/h1-10H;3H,1-2H3. The lowest BCUT2D eigenvalue weighted by atomic mass is 10.2. The molecule has 0 aromatic heterocycles. The first-order valence-corrected chi connectivity index (χ1v) is 4.77. The van der Waals surface area contributed by atoms with Crippen molar-refractivity contribution in [1.82, 2.24) is 5.32 Å². The van der Waals surface area contributed by atoms with Crippen molar-refractivity contribution in [3.8, 4) is 0 Å². The van der Waals surface area contributed by atoms with Gasteiger partial charge in [-0.05, 0) is 25.7 Å². The molecule has 0 fully saturated rings. The van der Waals surface area contributed by atoms with E-state index in [9.17, 15) is 4.79 Å². The minimum atomic E-state index is 0.759. The maximum atomic E-state index is 9.90. The smallest absolute Gasteiger partial charge is 0.142 e. The largest absolute Gasteiger partial charge is 0.323 e. The van der Waals surface area contributed by atoms with Gasteiger partial charge in [0.25, 0.3) is 0 Å². The third kappa shape index (κ3) is 8.65. The van der Waals surface area contributed by atoms with Crippen LogP contribution in [0.2, 0.25) is 0 Å². The lowest BCUT2D eigenvalue weighted by Crippen LogP contribution is -1.89. The van der Waals surface area contributed by atoms with Gasteiger partial charge in [-0.3, -0.25) is 4.79 Å². The van der Waals surface area contributed by atoms with Gasteiger partial charge >= 0.3 is 0 Å². The van der Waals surface area contributed by atoms with Crippen molar-refractivity contribution in [1.29, 1.82) is 0 Å². The van der Waals surface area contributed by atoms with E-state index in [4.69, 9.17) is 0 Å². The van der Waals surface area contributed by atoms with Gasteiger partial charge in [0.15, 0.2) is 0 Å². The molecule has 0 unspecified atom stereocenters. The van der Waals surface area contributed by atoms with Crippen LogP contribution in [-0.4, -0.2) is 20.4 Å². The number of nitrogens with one attached hydrogen (secondary N) is 1. The molecule has 0 aliphatic rings. The maximum Gasteiger partial charge on any atom is 0.142 e. The molecule has 0 aliphatic heterocycles. The molecule has 0 saturated heterocycles. The number of carbonyl (C=O) groups excluding carboxylic acids is 1. The number of allylic oxidation sites excluding steroid dienone is 3. The average molecular weight is 203 g/mol. The Morgan fingerprint density at radius 1 is 1.00 bits per heavy atom. The fraction of sp³-hybridized carbons (Fsp3) is 0.154. The Kier molecular flexibility index (Phi) is 9.25. The topological polar surface area (TPSA) is 29.1 Å². The molecule has 15 heavy (non-hydrogen) atoms. The van der Waals surface area contributed by atoms with Crippen molar-refractivity contribution in [2.45, 2.75) is 0 Å². The molecule has 1 rings (SSSR count). The molecule has 1 aromatic rings. The summed E-state index contributed by atoms with van der Waals surface area (Å²) in [7, 11) is 3.75. The third-order valence-corrected chi connectivity index (χ3v) is 1.39. The van der Waals surface area contributed by atoms with E-state index in [-0.39, 0.29) is 0 Å². The summed E-state index contributed by atoms with van der Waals surface area (Å²) in [5, 5.41) is 2.75. The first kappa shape index (κ1) is 13.3. The average Bonchev–Trinajstić information content (AvgIpc) is 2.27. The highest BCUT2D eigenvalue weighted by atomic mass is 16.1. The Labute approximate surface area is 91.3 Å². The molecule has 1 aromatic carbocycles. The molecule has 2 heteroatoms. The molecular formula is C13H17NO. The van der Waals surface area contributed by atoms with Gasteiger partial charge in [0.05, 0.1) is 0 Å². The first-order valence-electron chi connectivity index (χ1n) is 4.77. The zero-order valence-corrected chi connectivity index (χ0v) is 9.18. The zero-order valence-electron chi connectivity index (χ0n) is 9.18. The van der Waals surface area contributed by atoms with Crippen LogP contribution in [-0.2, 0) is 4.79 Å².